The van der Waals surface area contributed by atoms with Crippen LogP contribution in [-0.4, -0.2) is 25.9 Å². The molecule has 38 heavy (non-hydrogen) atoms. The van der Waals surface area contributed by atoms with Crippen molar-refractivity contribution in [1.29, 1.82) is 0 Å². The summed E-state index contributed by atoms with van der Waals surface area (Å²) in [7, 11) is -8.37. The van der Waals surface area contributed by atoms with Crippen LogP contribution < -0.4 is 22.9 Å². The summed E-state index contributed by atoms with van der Waals surface area (Å²) in [6, 6.07) is 24.9. The van der Waals surface area contributed by atoms with Crippen molar-refractivity contribution in [2.24, 2.45) is 0 Å². The Kier molecular flexibility index (Phi) is 10.2. The van der Waals surface area contributed by atoms with Crippen molar-refractivity contribution < 1.29 is 25.9 Å². The van der Waals surface area contributed by atoms with Gasteiger partial charge in [-0.25, -0.2) is 0 Å². The summed E-state index contributed by atoms with van der Waals surface area (Å²) in [6.07, 6.45) is 0.363. The predicted molar refractivity (Wildman–Crippen MR) is 151 cm³/mol. The third-order valence-electron chi connectivity index (χ3n) is 5.04. The third kappa shape index (κ3) is 9.41. The highest BCUT2D eigenvalue weighted by molar-refractivity contribution is 7.86. The number of para-hydroxylation sites is 1. The van der Waals surface area contributed by atoms with Gasteiger partial charge in [-0.15, -0.1) is 0 Å². The number of benzene rings is 4. The molecule has 0 bridgehead atoms. The lowest BCUT2D eigenvalue weighted by atomic mass is 10.0. The third-order valence-corrected chi connectivity index (χ3v) is 6.92. The first kappa shape index (κ1) is 30.1. The van der Waals surface area contributed by atoms with Gasteiger partial charge in [0.2, 0.25) is 0 Å². The number of hydrogen-bond acceptors (Lipinski definition) is 8. The van der Waals surface area contributed by atoms with Crippen LogP contribution in [-0.2, 0) is 26.7 Å². The van der Waals surface area contributed by atoms with Gasteiger partial charge in [-0.2, -0.15) is 16.8 Å². The Balaban J connectivity index is 0.000000224. The maximum atomic E-state index is 11.3. The quantitative estimate of drug-likeness (QED) is 0.157. The molecular formula is C26H30N4O6S2. The van der Waals surface area contributed by atoms with E-state index in [-0.39, 0.29) is 15.5 Å². The fourth-order valence-electron chi connectivity index (χ4n) is 3.26. The lowest BCUT2D eigenvalue weighted by molar-refractivity contribution is 0.480. The molecule has 0 unspecified atom stereocenters. The van der Waals surface area contributed by atoms with Gasteiger partial charge in [-0.1, -0.05) is 48.5 Å². The van der Waals surface area contributed by atoms with Crippen LogP contribution in [0.1, 0.15) is 16.7 Å². The SMILES string of the molecule is Cc1ccc(Cc2ccccc2S(=O)(=O)O)c(N)c1.Nc1cccc(N)c1.Nc1ccccc1S(=O)(=O)O. The summed E-state index contributed by atoms with van der Waals surface area (Å²) in [5, 5.41) is 0. The van der Waals surface area contributed by atoms with E-state index in [0.29, 0.717) is 29.0 Å². The van der Waals surface area contributed by atoms with Crippen molar-refractivity contribution in [1.82, 2.24) is 0 Å². The van der Waals surface area contributed by atoms with E-state index < -0.39 is 20.2 Å². The van der Waals surface area contributed by atoms with Crippen LogP contribution in [0.25, 0.3) is 0 Å². The Morgan fingerprint density at radius 3 is 1.55 bits per heavy atom. The number of nitrogens with two attached hydrogens (primary N) is 4. The van der Waals surface area contributed by atoms with E-state index in [0.717, 1.165) is 11.1 Å². The number of rotatable bonds is 4. The largest absolute Gasteiger partial charge is 0.399 e. The van der Waals surface area contributed by atoms with E-state index in [1.807, 2.05) is 31.2 Å². The van der Waals surface area contributed by atoms with Crippen molar-refractivity contribution in [3.8, 4) is 0 Å². The molecule has 202 valence electrons. The first-order valence-electron chi connectivity index (χ1n) is 11.0. The summed E-state index contributed by atoms with van der Waals surface area (Å²) in [4.78, 5) is -0.324. The second kappa shape index (κ2) is 12.9. The van der Waals surface area contributed by atoms with Gasteiger partial charge in [0.1, 0.15) is 4.90 Å². The molecular weight excluding hydrogens is 528 g/mol. The van der Waals surface area contributed by atoms with E-state index >= 15 is 0 Å². The van der Waals surface area contributed by atoms with Crippen molar-refractivity contribution in [2.45, 2.75) is 23.1 Å². The predicted octanol–water partition coefficient (Wildman–Crippen LogP) is 3.78. The molecule has 0 aliphatic carbocycles. The number of aryl methyl sites for hydroxylation is 1. The molecule has 0 aliphatic heterocycles. The van der Waals surface area contributed by atoms with Crippen LogP contribution in [0.3, 0.4) is 0 Å². The molecule has 0 amide bonds. The molecule has 4 aromatic carbocycles. The fraction of sp³-hybridized carbons (Fsp3) is 0.0769. The Hall–Kier alpha value is -4.10. The second-order valence-electron chi connectivity index (χ2n) is 8.14. The summed E-state index contributed by atoms with van der Waals surface area (Å²) < 4.78 is 61.4. The molecule has 0 saturated heterocycles. The number of hydrogen-bond donors (Lipinski definition) is 6. The standard InChI is InChI=1S/C14H15NO3S.C6H8N2.C6H7NO3S/c1-10-6-7-11(13(15)8-10)9-12-4-2-3-5-14(12)19(16,17)18;7-5-2-1-3-6(8)4-5;7-5-3-1-2-4-6(5)11(8,9)10/h2-8H,9,15H2,1H3,(H,16,17,18);1-4H,7-8H2;1-4H,7H2,(H,8,9,10). The van der Waals surface area contributed by atoms with E-state index in [1.165, 1.54) is 24.3 Å². The normalized spacial score (nSPS) is 10.9. The first-order chi connectivity index (χ1) is 17.7. The van der Waals surface area contributed by atoms with Gasteiger partial charge in [0.05, 0.1) is 10.6 Å². The van der Waals surface area contributed by atoms with Crippen molar-refractivity contribution in [2.75, 3.05) is 22.9 Å². The van der Waals surface area contributed by atoms with E-state index in [1.54, 1.807) is 42.5 Å². The van der Waals surface area contributed by atoms with Gasteiger partial charge in [0, 0.05) is 23.5 Å². The first-order valence-corrected chi connectivity index (χ1v) is 13.9. The lowest BCUT2D eigenvalue weighted by Gasteiger charge is -2.09. The van der Waals surface area contributed by atoms with Crippen LogP contribution in [0, 0.1) is 6.92 Å². The molecule has 0 saturated carbocycles. The minimum absolute atomic E-state index is 0.0509. The minimum atomic E-state index is -4.22. The monoisotopic (exact) mass is 558 g/mol. The zero-order valence-electron chi connectivity index (χ0n) is 20.5. The highest BCUT2D eigenvalue weighted by Crippen LogP contribution is 2.22. The second-order valence-corrected chi connectivity index (χ2v) is 10.9. The number of anilines is 4. The number of nitrogen functional groups attached to an aromatic ring is 4. The van der Waals surface area contributed by atoms with Gasteiger partial charge in [0.25, 0.3) is 20.2 Å². The van der Waals surface area contributed by atoms with Crippen molar-refractivity contribution in [3.05, 3.63) is 108 Å². The van der Waals surface area contributed by atoms with Gasteiger partial charge < -0.3 is 22.9 Å². The molecule has 12 heteroatoms. The van der Waals surface area contributed by atoms with Gasteiger partial charge >= 0.3 is 0 Å². The average molecular weight is 559 g/mol. The maximum Gasteiger partial charge on any atom is 0.296 e. The molecule has 0 fully saturated rings. The summed E-state index contributed by atoms with van der Waals surface area (Å²) in [6.45, 7) is 1.94. The molecule has 0 heterocycles. The minimum Gasteiger partial charge on any atom is -0.399 e. The molecule has 0 aromatic heterocycles. The topological polar surface area (TPSA) is 213 Å². The van der Waals surface area contributed by atoms with E-state index in [2.05, 4.69) is 0 Å². The molecule has 0 atom stereocenters. The highest BCUT2D eigenvalue weighted by Gasteiger charge is 2.15. The molecule has 0 radical (unpaired) electrons. The summed E-state index contributed by atoms with van der Waals surface area (Å²) >= 11 is 0. The van der Waals surface area contributed by atoms with Gasteiger partial charge in [0.15, 0.2) is 0 Å². The van der Waals surface area contributed by atoms with Crippen LogP contribution in [0.2, 0.25) is 0 Å². The Morgan fingerprint density at radius 1 is 0.579 bits per heavy atom. The molecule has 4 aromatic rings. The van der Waals surface area contributed by atoms with E-state index in [4.69, 9.17) is 27.5 Å². The van der Waals surface area contributed by atoms with Gasteiger partial charge in [-0.05, 0) is 66.1 Å². The van der Waals surface area contributed by atoms with Crippen LogP contribution >= 0.6 is 0 Å². The zero-order valence-corrected chi connectivity index (χ0v) is 22.2. The summed E-state index contributed by atoms with van der Waals surface area (Å²) in [5.74, 6) is 0. The maximum absolute atomic E-state index is 11.3. The highest BCUT2D eigenvalue weighted by atomic mass is 32.2. The van der Waals surface area contributed by atoms with Crippen molar-refractivity contribution >= 4 is 43.0 Å². The van der Waals surface area contributed by atoms with Crippen LogP contribution in [0.15, 0.2) is 101 Å². The summed E-state index contributed by atoms with van der Waals surface area (Å²) in [5.41, 5.74) is 26.4. The average Bonchev–Trinajstić information content (AvgIpc) is 2.81. The molecule has 0 spiro atoms. The molecule has 0 aliphatic rings. The molecule has 10 nitrogen and oxygen atoms in total. The van der Waals surface area contributed by atoms with E-state index in [9.17, 15) is 21.4 Å². The zero-order chi connectivity index (χ0) is 28.5. The smallest absolute Gasteiger partial charge is 0.296 e. The van der Waals surface area contributed by atoms with Crippen LogP contribution in [0.5, 0.6) is 0 Å². The molecule has 10 N–H and O–H groups in total. The lowest BCUT2D eigenvalue weighted by Crippen LogP contribution is -2.04. The van der Waals surface area contributed by atoms with Crippen LogP contribution in [0.4, 0.5) is 22.7 Å². The van der Waals surface area contributed by atoms with Crippen molar-refractivity contribution in [3.63, 3.8) is 0 Å². The molecule has 4 rings (SSSR count). The Morgan fingerprint density at radius 2 is 1.11 bits per heavy atom. The fourth-order valence-corrected chi connectivity index (χ4v) is 4.60. The Bertz CT molecular complexity index is 1590. The Labute approximate surface area is 222 Å². The van der Waals surface area contributed by atoms with Gasteiger partial charge in [-0.3, -0.25) is 9.11 Å².